The molecule has 2 N–H and O–H groups in total. The number of nitrogens with two attached hydrogens (primary N) is 1. The first-order valence-electron chi connectivity index (χ1n) is 7.77. The number of anilines is 1. The largest absolute Gasteiger partial charge is 0.399 e. The zero-order valence-corrected chi connectivity index (χ0v) is 13.2. The molecule has 0 radical (unpaired) electrons. The Hall–Kier alpha value is -1.06. The molecule has 2 rings (SSSR count). The van der Waals surface area contributed by atoms with Gasteiger partial charge in [0, 0.05) is 37.4 Å². The van der Waals surface area contributed by atoms with Crippen molar-refractivity contribution in [1.82, 2.24) is 9.80 Å². The number of rotatable bonds is 4. The lowest BCUT2D eigenvalue weighted by molar-refractivity contribution is 0.0619. The second kappa shape index (κ2) is 6.59. The fraction of sp³-hybridized carbons (Fsp3) is 0.647. The zero-order valence-electron chi connectivity index (χ0n) is 13.2. The number of nitrogens with zero attached hydrogens (tertiary/aromatic N) is 2. The summed E-state index contributed by atoms with van der Waals surface area (Å²) in [4.78, 5) is 5.18. The second-order valence-electron chi connectivity index (χ2n) is 6.85. The van der Waals surface area contributed by atoms with Crippen molar-refractivity contribution in [3.63, 3.8) is 0 Å². The van der Waals surface area contributed by atoms with E-state index in [1.54, 1.807) is 0 Å². The number of nitrogen functional groups attached to an aromatic ring is 1. The van der Waals surface area contributed by atoms with Crippen LogP contribution in [-0.4, -0.2) is 48.1 Å². The molecule has 112 valence electrons. The molecule has 1 aliphatic heterocycles. The lowest BCUT2D eigenvalue weighted by Crippen LogP contribution is -2.53. The van der Waals surface area contributed by atoms with E-state index in [4.69, 9.17) is 5.73 Å². The van der Waals surface area contributed by atoms with Gasteiger partial charge in [-0.2, -0.15) is 0 Å². The van der Waals surface area contributed by atoms with E-state index >= 15 is 0 Å². The third-order valence-corrected chi connectivity index (χ3v) is 4.21. The van der Waals surface area contributed by atoms with Crippen LogP contribution in [0.3, 0.4) is 0 Å². The fourth-order valence-electron chi connectivity index (χ4n) is 2.90. The van der Waals surface area contributed by atoms with Crippen LogP contribution < -0.4 is 5.73 Å². The van der Waals surface area contributed by atoms with Crippen molar-refractivity contribution in [2.24, 2.45) is 0 Å². The number of piperazine rings is 1. The van der Waals surface area contributed by atoms with E-state index in [1.165, 1.54) is 44.7 Å². The average Bonchev–Trinajstić information content (AvgIpc) is 2.38. The van der Waals surface area contributed by atoms with Crippen LogP contribution in [0.5, 0.6) is 0 Å². The molecule has 1 saturated heterocycles. The average molecular weight is 275 g/mol. The number of aryl methyl sites for hydroxylation is 1. The van der Waals surface area contributed by atoms with Gasteiger partial charge in [0.25, 0.3) is 0 Å². The molecule has 1 aliphatic rings. The van der Waals surface area contributed by atoms with Crippen LogP contribution in [0.1, 0.15) is 32.8 Å². The van der Waals surface area contributed by atoms with Crippen molar-refractivity contribution in [2.75, 3.05) is 38.5 Å². The highest BCUT2D eigenvalue weighted by molar-refractivity contribution is 5.40. The molecule has 0 atom stereocenters. The zero-order chi connectivity index (χ0) is 14.6. The molecule has 0 aromatic heterocycles. The Kier molecular flexibility index (Phi) is 5.06. The summed E-state index contributed by atoms with van der Waals surface area (Å²) in [6, 6.07) is 8.27. The van der Waals surface area contributed by atoms with Gasteiger partial charge >= 0.3 is 0 Å². The van der Waals surface area contributed by atoms with Gasteiger partial charge in [0.2, 0.25) is 0 Å². The summed E-state index contributed by atoms with van der Waals surface area (Å²) in [5, 5.41) is 0. The first kappa shape index (κ1) is 15.3. The second-order valence-corrected chi connectivity index (χ2v) is 6.85. The van der Waals surface area contributed by atoms with Crippen molar-refractivity contribution in [3.8, 4) is 0 Å². The fourth-order valence-corrected chi connectivity index (χ4v) is 2.90. The monoisotopic (exact) mass is 275 g/mol. The third-order valence-electron chi connectivity index (χ3n) is 4.21. The molecule has 0 bridgehead atoms. The molecule has 0 saturated carbocycles. The van der Waals surface area contributed by atoms with E-state index < -0.39 is 0 Å². The van der Waals surface area contributed by atoms with Crippen LogP contribution in [-0.2, 0) is 6.42 Å². The summed E-state index contributed by atoms with van der Waals surface area (Å²) >= 11 is 0. The Morgan fingerprint density at radius 2 is 1.80 bits per heavy atom. The number of hydrogen-bond acceptors (Lipinski definition) is 3. The Labute approximate surface area is 123 Å². The van der Waals surface area contributed by atoms with E-state index in [0.717, 1.165) is 12.1 Å². The molecule has 0 unspecified atom stereocenters. The smallest absolute Gasteiger partial charge is 0.0316 e. The maximum absolute atomic E-state index is 5.81. The summed E-state index contributed by atoms with van der Waals surface area (Å²) in [7, 11) is 0. The maximum Gasteiger partial charge on any atom is 0.0316 e. The normalized spacial score (nSPS) is 18.4. The van der Waals surface area contributed by atoms with Crippen LogP contribution >= 0.6 is 0 Å². The molecule has 0 amide bonds. The number of benzene rings is 1. The Morgan fingerprint density at radius 3 is 2.40 bits per heavy atom. The highest BCUT2D eigenvalue weighted by Crippen LogP contribution is 2.16. The van der Waals surface area contributed by atoms with E-state index in [0.29, 0.717) is 5.54 Å². The molecular weight excluding hydrogens is 246 g/mol. The van der Waals surface area contributed by atoms with Crippen LogP contribution in [0.15, 0.2) is 24.3 Å². The van der Waals surface area contributed by atoms with Gasteiger partial charge < -0.3 is 10.6 Å². The summed E-state index contributed by atoms with van der Waals surface area (Å²) in [6.45, 7) is 12.9. The number of hydrogen-bond donors (Lipinski definition) is 1. The molecule has 0 spiro atoms. The quantitative estimate of drug-likeness (QED) is 0.857. The lowest BCUT2D eigenvalue weighted by atomic mass is 10.0. The Balaban J connectivity index is 1.69. The van der Waals surface area contributed by atoms with Crippen molar-refractivity contribution in [3.05, 3.63) is 29.8 Å². The highest BCUT2D eigenvalue weighted by Gasteiger charge is 2.25. The van der Waals surface area contributed by atoms with Gasteiger partial charge in [0.15, 0.2) is 0 Å². The van der Waals surface area contributed by atoms with Gasteiger partial charge in [-0.1, -0.05) is 12.1 Å². The molecule has 0 aliphatic carbocycles. The van der Waals surface area contributed by atoms with E-state index in [2.05, 4.69) is 42.7 Å². The molecule has 3 heteroatoms. The minimum Gasteiger partial charge on any atom is -0.399 e. The summed E-state index contributed by atoms with van der Waals surface area (Å²) in [6.07, 6.45) is 2.35. The Morgan fingerprint density at radius 1 is 1.10 bits per heavy atom. The van der Waals surface area contributed by atoms with Crippen molar-refractivity contribution in [1.29, 1.82) is 0 Å². The Bertz CT molecular complexity index is 414. The van der Waals surface area contributed by atoms with Crippen LogP contribution in [0.2, 0.25) is 0 Å². The van der Waals surface area contributed by atoms with Gasteiger partial charge in [-0.05, 0) is 57.9 Å². The third kappa shape index (κ3) is 4.50. The molecule has 3 nitrogen and oxygen atoms in total. The van der Waals surface area contributed by atoms with Crippen molar-refractivity contribution >= 4 is 5.69 Å². The van der Waals surface area contributed by atoms with Gasteiger partial charge in [-0.25, -0.2) is 0 Å². The predicted molar refractivity (Wildman–Crippen MR) is 86.9 cm³/mol. The molecule has 1 aromatic rings. The van der Waals surface area contributed by atoms with Crippen LogP contribution in [0.25, 0.3) is 0 Å². The van der Waals surface area contributed by atoms with E-state index in [-0.39, 0.29) is 0 Å². The minimum absolute atomic E-state index is 0.313. The van der Waals surface area contributed by atoms with Crippen LogP contribution in [0, 0.1) is 0 Å². The van der Waals surface area contributed by atoms with Gasteiger partial charge in [-0.3, -0.25) is 4.90 Å². The standard InChI is InChI=1S/C17H29N3/c1-17(2,3)20-12-10-19(11-13-20)9-5-7-15-6-4-8-16(18)14-15/h4,6,8,14H,5,7,9-13,18H2,1-3H3. The predicted octanol–water partition coefficient (Wildman–Crippen LogP) is 2.62. The van der Waals surface area contributed by atoms with Crippen molar-refractivity contribution < 1.29 is 0 Å². The first-order valence-corrected chi connectivity index (χ1v) is 7.77. The molecule has 1 aromatic carbocycles. The summed E-state index contributed by atoms with van der Waals surface area (Å²) in [5.74, 6) is 0. The van der Waals surface area contributed by atoms with Crippen molar-refractivity contribution in [2.45, 2.75) is 39.2 Å². The van der Waals surface area contributed by atoms with E-state index in [9.17, 15) is 0 Å². The first-order chi connectivity index (χ1) is 9.45. The molecular formula is C17H29N3. The lowest BCUT2D eigenvalue weighted by Gasteiger charge is -2.42. The molecule has 1 fully saturated rings. The minimum atomic E-state index is 0.313. The molecule has 1 heterocycles. The van der Waals surface area contributed by atoms with Gasteiger partial charge in [-0.15, -0.1) is 0 Å². The SMILES string of the molecule is CC(C)(C)N1CCN(CCCc2cccc(N)c2)CC1. The molecule has 20 heavy (non-hydrogen) atoms. The maximum atomic E-state index is 5.81. The summed E-state index contributed by atoms with van der Waals surface area (Å²) in [5.41, 5.74) is 8.36. The van der Waals surface area contributed by atoms with E-state index in [1.807, 2.05) is 12.1 Å². The topological polar surface area (TPSA) is 32.5 Å². The summed E-state index contributed by atoms with van der Waals surface area (Å²) < 4.78 is 0. The highest BCUT2D eigenvalue weighted by atomic mass is 15.3. The van der Waals surface area contributed by atoms with Gasteiger partial charge in [0.05, 0.1) is 0 Å². The van der Waals surface area contributed by atoms with Gasteiger partial charge in [0.1, 0.15) is 0 Å². The van der Waals surface area contributed by atoms with Crippen LogP contribution in [0.4, 0.5) is 5.69 Å².